The molecular formula is C24H40O4Si. The topological polar surface area (TPSA) is 47.9 Å². The van der Waals surface area contributed by atoms with Crippen LogP contribution in [-0.2, 0) is 13.9 Å². The van der Waals surface area contributed by atoms with Crippen molar-refractivity contribution in [3.8, 4) is 11.8 Å². The lowest BCUT2D eigenvalue weighted by Gasteiger charge is -2.56. The van der Waals surface area contributed by atoms with Gasteiger partial charge in [0.2, 0.25) is 0 Å². The van der Waals surface area contributed by atoms with Gasteiger partial charge in [0.1, 0.15) is 6.10 Å². The molecule has 0 bridgehead atoms. The van der Waals surface area contributed by atoms with E-state index in [4.69, 9.17) is 13.9 Å². The first-order chi connectivity index (χ1) is 13.6. The predicted octanol–water partition coefficient (Wildman–Crippen LogP) is 4.72. The number of rotatable bonds is 3. The first-order valence-electron chi connectivity index (χ1n) is 11.8. The van der Waals surface area contributed by atoms with Gasteiger partial charge in [0.15, 0.2) is 14.1 Å². The Kier molecular flexibility index (Phi) is 5.98. The third-order valence-electron chi connectivity index (χ3n) is 8.48. The molecule has 3 aliphatic carbocycles. The summed E-state index contributed by atoms with van der Waals surface area (Å²) in [6.45, 7) is 12.9. The summed E-state index contributed by atoms with van der Waals surface area (Å²) in [6.07, 6.45) is 7.36. The summed E-state index contributed by atoms with van der Waals surface area (Å²) in [7, 11) is -1.89. The molecule has 1 N–H and O–H groups in total. The lowest BCUT2D eigenvalue weighted by Crippen LogP contribution is -2.60. The average Bonchev–Trinajstić information content (AvgIpc) is 3.31. The van der Waals surface area contributed by atoms with Gasteiger partial charge in [0, 0.05) is 18.3 Å². The third kappa shape index (κ3) is 4.08. The number of hydrogen-bond donors (Lipinski definition) is 1. The summed E-state index contributed by atoms with van der Waals surface area (Å²) in [6, 6.07) is 0. The van der Waals surface area contributed by atoms with Crippen molar-refractivity contribution in [3.63, 3.8) is 0 Å². The summed E-state index contributed by atoms with van der Waals surface area (Å²) < 4.78 is 18.8. The van der Waals surface area contributed by atoms with Crippen molar-refractivity contribution < 1.29 is 19.0 Å². The summed E-state index contributed by atoms with van der Waals surface area (Å²) in [5, 5.41) is 10.9. The van der Waals surface area contributed by atoms with Gasteiger partial charge in [0.05, 0.1) is 19.3 Å². The Morgan fingerprint density at radius 3 is 2.34 bits per heavy atom. The number of ether oxygens (including phenoxy) is 2. The van der Waals surface area contributed by atoms with Gasteiger partial charge < -0.3 is 19.0 Å². The van der Waals surface area contributed by atoms with Gasteiger partial charge >= 0.3 is 0 Å². The highest BCUT2D eigenvalue weighted by atomic mass is 28.4. The molecule has 0 unspecified atom stereocenters. The highest BCUT2D eigenvalue weighted by molar-refractivity contribution is 6.74. The van der Waals surface area contributed by atoms with Gasteiger partial charge in [-0.15, -0.1) is 0 Å². The Labute approximate surface area is 178 Å². The number of aliphatic hydroxyl groups excluding tert-OH is 1. The van der Waals surface area contributed by atoms with Crippen LogP contribution in [-0.4, -0.2) is 44.6 Å². The molecule has 1 aliphatic heterocycles. The van der Waals surface area contributed by atoms with E-state index in [1.807, 2.05) is 0 Å². The molecule has 0 aromatic carbocycles. The van der Waals surface area contributed by atoms with Crippen LogP contribution in [0, 0.1) is 35.5 Å². The minimum Gasteiger partial charge on any atom is -0.403 e. The summed E-state index contributed by atoms with van der Waals surface area (Å²) in [4.78, 5) is 0. The third-order valence-corrected chi connectivity index (χ3v) is 12.9. The maximum atomic E-state index is 10.7. The second-order valence-corrected chi connectivity index (χ2v) is 16.0. The van der Waals surface area contributed by atoms with Gasteiger partial charge in [0.25, 0.3) is 0 Å². The minimum absolute atomic E-state index is 0.0129. The molecule has 164 valence electrons. The van der Waals surface area contributed by atoms with Crippen LogP contribution in [0.3, 0.4) is 0 Å². The van der Waals surface area contributed by atoms with Crippen molar-refractivity contribution in [1.82, 2.24) is 0 Å². The smallest absolute Gasteiger partial charge is 0.193 e. The lowest BCUT2D eigenvalue weighted by molar-refractivity contribution is -0.296. The van der Waals surface area contributed by atoms with Gasteiger partial charge in [-0.25, -0.2) is 0 Å². The van der Waals surface area contributed by atoms with Crippen molar-refractivity contribution in [2.45, 2.75) is 102 Å². The first-order valence-corrected chi connectivity index (χ1v) is 14.7. The van der Waals surface area contributed by atoms with Crippen molar-refractivity contribution in [1.29, 1.82) is 0 Å². The zero-order valence-corrected chi connectivity index (χ0v) is 20.0. The standard InChI is InChI=1S/C24H40O4Si/c1-23(2,3)29(4,5)28-22(17-8-6-7-9-17)13-10-18-19-16-24(26-14-15-27-24)20(19)11-12-21(18)25/h17-22,25H,6-9,11-12,14-16H2,1-5H3/t18-,19-,20+,21-,22+/m0/s1. The van der Waals surface area contributed by atoms with E-state index in [-0.39, 0.29) is 29.0 Å². The molecule has 0 radical (unpaired) electrons. The number of fused-ring (bicyclic) bond motifs is 2. The Morgan fingerprint density at radius 2 is 1.72 bits per heavy atom. The fourth-order valence-corrected chi connectivity index (χ4v) is 6.84. The highest BCUT2D eigenvalue weighted by Crippen LogP contribution is 2.57. The molecule has 1 saturated heterocycles. The molecule has 4 fully saturated rings. The molecule has 0 aromatic rings. The van der Waals surface area contributed by atoms with E-state index < -0.39 is 8.32 Å². The molecule has 3 saturated carbocycles. The SMILES string of the molecule is CC(C)(C)[Si](C)(C)O[C@H](C#C[C@H]1[C@@H]2CC3(OCCO3)[C@@H]2CC[C@@H]1O)C1CCCC1. The Morgan fingerprint density at radius 1 is 1.07 bits per heavy atom. The summed E-state index contributed by atoms with van der Waals surface area (Å²) in [5.41, 5.74) is 0. The zero-order chi connectivity index (χ0) is 20.9. The second kappa shape index (κ2) is 7.95. The molecule has 0 amide bonds. The largest absolute Gasteiger partial charge is 0.403 e. The molecule has 4 nitrogen and oxygen atoms in total. The van der Waals surface area contributed by atoms with Gasteiger partial charge in [-0.3, -0.25) is 0 Å². The van der Waals surface area contributed by atoms with Crippen molar-refractivity contribution in [3.05, 3.63) is 0 Å². The minimum atomic E-state index is -1.89. The van der Waals surface area contributed by atoms with Crippen molar-refractivity contribution in [2.75, 3.05) is 13.2 Å². The van der Waals surface area contributed by atoms with Gasteiger partial charge in [-0.05, 0) is 55.7 Å². The van der Waals surface area contributed by atoms with E-state index in [2.05, 4.69) is 45.7 Å². The van der Waals surface area contributed by atoms with Gasteiger partial charge in [-0.1, -0.05) is 45.5 Å². The molecule has 5 heteroatoms. The maximum absolute atomic E-state index is 10.7. The molecule has 0 aromatic heterocycles. The first kappa shape index (κ1) is 21.8. The predicted molar refractivity (Wildman–Crippen MR) is 117 cm³/mol. The summed E-state index contributed by atoms with van der Waals surface area (Å²) >= 11 is 0. The normalized spacial score (nSPS) is 35.7. The average molecular weight is 421 g/mol. The van der Waals surface area contributed by atoms with E-state index >= 15 is 0 Å². The van der Waals surface area contributed by atoms with Crippen molar-refractivity contribution in [2.24, 2.45) is 23.7 Å². The monoisotopic (exact) mass is 420 g/mol. The summed E-state index contributed by atoms with van der Waals surface area (Å²) in [5.74, 6) is 8.10. The molecule has 1 heterocycles. The number of hydrogen-bond acceptors (Lipinski definition) is 4. The molecule has 1 spiro atoms. The molecule has 4 rings (SSSR count). The molecule has 5 atom stereocenters. The molecule has 29 heavy (non-hydrogen) atoms. The van der Waals surface area contributed by atoms with E-state index in [0.29, 0.717) is 31.0 Å². The Balaban J connectivity index is 1.51. The van der Waals surface area contributed by atoms with Crippen LogP contribution < -0.4 is 0 Å². The van der Waals surface area contributed by atoms with Crippen LogP contribution >= 0.6 is 0 Å². The lowest BCUT2D eigenvalue weighted by atomic mass is 9.56. The van der Waals surface area contributed by atoms with Crippen LogP contribution in [0.2, 0.25) is 18.1 Å². The van der Waals surface area contributed by atoms with Crippen LogP contribution in [0.15, 0.2) is 0 Å². The number of aliphatic hydroxyl groups is 1. The van der Waals surface area contributed by atoms with Crippen LogP contribution in [0.5, 0.6) is 0 Å². The maximum Gasteiger partial charge on any atom is 0.193 e. The van der Waals surface area contributed by atoms with E-state index in [0.717, 1.165) is 19.3 Å². The van der Waals surface area contributed by atoms with Crippen LogP contribution in [0.1, 0.15) is 65.7 Å². The second-order valence-electron chi connectivity index (χ2n) is 11.3. The van der Waals surface area contributed by atoms with Gasteiger partial charge in [-0.2, -0.15) is 0 Å². The molecular weight excluding hydrogens is 380 g/mol. The fourth-order valence-electron chi connectivity index (χ4n) is 5.60. The van der Waals surface area contributed by atoms with E-state index in [1.54, 1.807) is 0 Å². The highest BCUT2D eigenvalue weighted by Gasteiger charge is 2.62. The molecule has 4 aliphatic rings. The Bertz CT molecular complexity index is 646. The quantitative estimate of drug-likeness (QED) is 0.530. The zero-order valence-electron chi connectivity index (χ0n) is 19.0. The van der Waals surface area contributed by atoms with Crippen molar-refractivity contribution >= 4 is 8.32 Å². The Hall–Kier alpha value is -0.383. The van der Waals surface area contributed by atoms with Crippen LogP contribution in [0.4, 0.5) is 0 Å². The van der Waals surface area contributed by atoms with Crippen LogP contribution in [0.25, 0.3) is 0 Å². The fraction of sp³-hybridized carbons (Fsp3) is 0.917. The van der Waals surface area contributed by atoms with E-state index in [1.165, 1.54) is 25.7 Å². The van der Waals surface area contributed by atoms with E-state index in [9.17, 15) is 5.11 Å².